The predicted molar refractivity (Wildman–Crippen MR) is 73.3 cm³/mol. The number of hydrogen-bond donors (Lipinski definition) is 2. The van der Waals surface area contributed by atoms with Crippen LogP contribution in [0.5, 0.6) is 0 Å². The standard InChI is InChI=1S/C13H24N2OS/c1-17-12-4-2-11(3-5-12)15-13(16)8-10-6-7-14-9-10/h10-12,14H,2-9H2,1H3,(H,15,16). The van der Waals surface area contributed by atoms with Gasteiger partial charge in [-0.05, 0) is 57.4 Å². The Labute approximate surface area is 108 Å². The lowest BCUT2D eigenvalue weighted by Crippen LogP contribution is -2.38. The van der Waals surface area contributed by atoms with Crippen molar-refractivity contribution in [1.82, 2.24) is 10.6 Å². The van der Waals surface area contributed by atoms with Gasteiger partial charge in [-0.3, -0.25) is 4.79 Å². The smallest absolute Gasteiger partial charge is 0.220 e. The van der Waals surface area contributed by atoms with Gasteiger partial charge in [0.1, 0.15) is 0 Å². The summed E-state index contributed by atoms with van der Waals surface area (Å²) in [7, 11) is 0. The minimum Gasteiger partial charge on any atom is -0.353 e. The van der Waals surface area contributed by atoms with E-state index in [-0.39, 0.29) is 5.91 Å². The molecule has 0 aromatic rings. The summed E-state index contributed by atoms with van der Waals surface area (Å²) in [6, 6.07) is 0.445. The first-order chi connectivity index (χ1) is 8.28. The first-order valence-electron chi connectivity index (χ1n) is 6.81. The van der Waals surface area contributed by atoms with E-state index in [1.807, 2.05) is 11.8 Å². The molecule has 0 spiro atoms. The monoisotopic (exact) mass is 256 g/mol. The average Bonchev–Trinajstić information content (AvgIpc) is 2.82. The Hall–Kier alpha value is -0.220. The first kappa shape index (κ1) is 13.2. The van der Waals surface area contributed by atoms with Crippen molar-refractivity contribution < 1.29 is 4.79 Å². The fraction of sp³-hybridized carbons (Fsp3) is 0.923. The van der Waals surface area contributed by atoms with Crippen molar-refractivity contribution in [3.63, 3.8) is 0 Å². The Morgan fingerprint density at radius 2 is 2.06 bits per heavy atom. The summed E-state index contributed by atoms with van der Waals surface area (Å²) in [4.78, 5) is 11.9. The minimum absolute atomic E-state index is 0.270. The van der Waals surface area contributed by atoms with Crippen LogP contribution in [0, 0.1) is 5.92 Å². The molecule has 2 N–H and O–H groups in total. The van der Waals surface area contributed by atoms with E-state index in [0.29, 0.717) is 12.0 Å². The lowest BCUT2D eigenvalue weighted by Gasteiger charge is -2.28. The Morgan fingerprint density at radius 1 is 1.29 bits per heavy atom. The fourth-order valence-electron chi connectivity index (χ4n) is 2.88. The van der Waals surface area contributed by atoms with E-state index in [9.17, 15) is 4.79 Å². The summed E-state index contributed by atoms with van der Waals surface area (Å²) < 4.78 is 0. The Morgan fingerprint density at radius 3 is 2.65 bits per heavy atom. The maximum Gasteiger partial charge on any atom is 0.220 e. The van der Waals surface area contributed by atoms with Crippen molar-refractivity contribution in [1.29, 1.82) is 0 Å². The van der Waals surface area contributed by atoms with Gasteiger partial charge < -0.3 is 10.6 Å². The highest BCUT2D eigenvalue weighted by atomic mass is 32.2. The maximum absolute atomic E-state index is 11.9. The molecular formula is C13H24N2OS. The summed E-state index contributed by atoms with van der Waals surface area (Å²) in [5, 5.41) is 7.35. The summed E-state index contributed by atoms with van der Waals surface area (Å²) in [6.45, 7) is 2.10. The molecule has 0 aromatic carbocycles. The van der Waals surface area contributed by atoms with Gasteiger partial charge in [-0.25, -0.2) is 0 Å². The molecule has 2 aliphatic rings. The second-order valence-electron chi connectivity index (χ2n) is 5.34. The number of amides is 1. The van der Waals surface area contributed by atoms with Crippen LogP contribution in [0.2, 0.25) is 0 Å². The first-order valence-corrected chi connectivity index (χ1v) is 8.09. The SMILES string of the molecule is CSC1CCC(NC(=O)CC2CCNC2)CC1. The summed E-state index contributed by atoms with van der Waals surface area (Å²) in [6.07, 6.45) is 8.92. The van der Waals surface area contributed by atoms with Gasteiger partial charge in [0.05, 0.1) is 0 Å². The quantitative estimate of drug-likeness (QED) is 0.805. The van der Waals surface area contributed by atoms with E-state index in [4.69, 9.17) is 0 Å². The van der Waals surface area contributed by atoms with Crippen LogP contribution in [0.4, 0.5) is 0 Å². The topological polar surface area (TPSA) is 41.1 Å². The van der Waals surface area contributed by atoms with Gasteiger partial charge in [-0.15, -0.1) is 0 Å². The van der Waals surface area contributed by atoms with Gasteiger partial charge in [0.2, 0.25) is 5.91 Å². The second-order valence-corrected chi connectivity index (χ2v) is 6.48. The van der Waals surface area contributed by atoms with Crippen molar-refractivity contribution >= 4 is 17.7 Å². The van der Waals surface area contributed by atoms with Gasteiger partial charge in [-0.1, -0.05) is 0 Å². The lowest BCUT2D eigenvalue weighted by molar-refractivity contribution is -0.122. The van der Waals surface area contributed by atoms with Crippen LogP contribution in [-0.2, 0) is 4.79 Å². The van der Waals surface area contributed by atoms with E-state index in [2.05, 4.69) is 16.9 Å². The molecule has 3 nitrogen and oxygen atoms in total. The van der Waals surface area contributed by atoms with Crippen LogP contribution in [0.3, 0.4) is 0 Å². The zero-order valence-electron chi connectivity index (χ0n) is 10.7. The number of carbonyl (C=O) groups is 1. The molecule has 1 saturated heterocycles. The average molecular weight is 256 g/mol. The van der Waals surface area contributed by atoms with Gasteiger partial charge in [0.15, 0.2) is 0 Å². The molecule has 0 radical (unpaired) electrons. The summed E-state index contributed by atoms with van der Waals surface area (Å²) in [5.74, 6) is 0.837. The largest absolute Gasteiger partial charge is 0.353 e. The number of thioether (sulfide) groups is 1. The molecule has 1 unspecified atom stereocenters. The summed E-state index contributed by atoms with van der Waals surface area (Å²) >= 11 is 1.97. The minimum atomic E-state index is 0.270. The molecule has 2 fully saturated rings. The van der Waals surface area contributed by atoms with Crippen molar-refractivity contribution in [2.75, 3.05) is 19.3 Å². The molecule has 4 heteroatoms. The Balaban J connectivity index is 1.65. The van der Waals surface area contributed by atoms with E-state index >= 15 is 0 Å². The van der Waals surface area contributed by atoms with Crippen LogP contribution in [0.15, 0.2) is 0 Å². The van der Waals surface area contributed by atoms with Gasteiger partial charge in [-0.2, -0.15) is 11.8 Å². The number of hydrogen-bond acceptors (Lipinski definition) is 3. The van der Waals surface area contributed by atoms with E-state index in [1.165, 1.54) is 25.7 Å². The molecular weight excluding hydrogens is 232 g/mol. The predicted octanol–water partition coefficient (Wildman–Crippen LogP) is 1.78. The molecule has 1 heterocycles. The van der Waals surface area contributed by atoms with Crippen molar-refractivity contribution in [3.05, 3.63) is 0 Å². The van der Waals surface area contributed by atoms with Crippen LogP contribution in [0.25, 0.3) is 0 Å². The highest BCUT2D eigenvalue weighted by Crippen LogP contribution is 2.27. The molecule has 98 valence electrons. The van der Waals surface area contributed by atoms with Crippen LogP contribution in [0.1, 0.15) is 38.5 Å². The number of rotatable bonds is 4. The molecule has 0 bridgehead atoms. The third-order valence-electron chi connectivity index (χ3n) is 4.01. The third kappa shape index (κ3) is 4.18. The zero-order valence-corrected chi connectivity index (χ0v) is 11.5. The van der Waals surface area contributed by atoms with Crippen LogP contribution < -0.4 is 10.6 Å². The number of carbonyl (C=O) groups excluding carboxylic acids is 1. The van der Waals surface area contributed by atoms with Gasteiger partial charge in [0, 0.05) is 17.7 Å². The molecule has 1 aliphatic heterocycles. The van der Waals surface area contributed by atoms with Crippen LogP contribution in [-0.4, -0.2) is 36.5 Å². The number of nitrogens with one attached hydrogen (secondary N) is 2. The maximum atomic E-state index is 11.9. The molecule has 1 atom stereocenters. The van der Waals surface area contributed by atoms with Crippen molar-refractivity contribution in [2.24, 2.45) is 5.92 Å². The molecule has 0 aromatic heterocycles. The van der Waals surface area contributed by atoms with Crippen molar-refractivity contribution in [3.8, 4) is 0 Å². The van der Waals surface area contributed by atoms with Gasteiger partial charge >= 0.3 is 0 Å². The van der Waals surface area contributed by atoms with Crippen LogP contribution >= 0.6 is 11.8 Å². The lowest BCUT2D eigenvalue weighted by atomic mass is 9.94. The third-order valence-corrected chi connectivity index (χ3v) is 5.15. The molecule has 2 rings (SSSR count). The van der Waals surface area contributed by atoms with Crippen molar-refractivity contribution in [2.45, 2.75) is 49.8 Å². The zero-order chi connectivity index (χ0) is 12.1. The Kier molecular flexibility index (Phi) is 5.16. The van der Waals surface area contributed by atoms with E-state index < -0.39 is 0 Å². The normalized spacial score (nSPS) is 33.6. The summed E-state index contributed by atoms with van der Waals surface area (Å²) in [5.41, 5.74) is 0. The Bertz CT molecular complexity index is 246. The van der Waals surface area contributed by atoms with E-state index in [0.717, 1.165) is 31.2 Å². The molecule has 1 saturated carbocycles. The van der Waals surface area contributed by atoms with E-state index in [1.54, 1.807) is 0 Å². The second kappa shape index (κ2) is 6.64. The molecule has 17 heavy (non-hydrogen) atoms. The highest BCUT2D eigenvalue weighted by Gasteiger charge is 2.23. The molecule has 1 aliphatic carbocycles. The molecule has 1 amide bonds. The van der Waals surface area contributed by atoms with Gasteiger partial charge in [0.25, 0.3) is 0 Å². The fourth-order valence-corrected chi connectivity index (χ4v) is 3.62. The highest BCUT2D eigenvalue weighted by molar-refractivity contribution is 7.99.